The van der Waals surface area contributed by atoms with Gasteiger partial charge in [0, 0.05) is 19.6 Å². The molecule has 0 aromatic heterocycles. The molecular weight excluding hydrogens is 320 g/mol. The van der Waals surface area contributed by atoms with Crippen molar-refractivity contribution in [2.75, 3.05) is 25.4 Å². The molecule has 1 aromatic rings. The first-order valence-corrected chi connectivity index (χ1v) is 9.10. The van der Waals surface area contributed by atoms with E-state index in [1.807, 2.05) is 13.8 Å². The predicted molar refractivity (Wildman–Crippen MR) is 85.8 cm³/mol. The highest BCUT2D eigenvalue weighted by molar-refractivity contribution is 7.89. The van der Waals surface area contributed by atoms with E-state index in [1.165, 1.54) is 16.4 Å². The average molecular weight is 342 g/mol. The standard InChI is InChI=1S/C15H22N2O5S/c1-11-9-17(10-12(2)22-11)23(20,21)8-7-16-15(19)13-5-3-4-6-14(13)18/h3-6,11-12,18H,7-10H2,1-2H3,(H,16,19)/t11-,12-/m1/s1. The van der Waals surface area contributed by atoms with E-state index >= 15 is 0 Å². The van der Waals surface area contributed by atoms with Crippen molar-refractivity contribution in [3.63, 3.8) is 0 Å². The summed E-state index contributed by atoms with van der Waals surface area (Å²) in [6, 6.07) is 6.12. The van der Waals surface area contributed by atoms with Crippen molar-refractivity contribution < 1.29 is 23.1 Å². The number of phenolic OH excluding ortho intramolecular Hbond substituents is 1. The van der Waals surface area contributed by atoms with Crippen molar-refractivity contribution in [3.8, 4) is 5.75 Å². The first-order chi connectivity index (χ1) is 10.8. The summed E-state index contributed by atoms with van der Waals surface area (Å²) in [7, 11) is -3.46. The SMILES string of the molecule is C[C@@H]1CN(S(=O)(=O)CCNC(=O)c2ccccc2O)C[C@@H](C)O1. The Morgan fingerprint density at radius 3 is 2.52 bits per heavy atom. The molecule has 2 N–H and O–H groups in total. The number of carbonyl (C=O) groups is 1. The highest BCUT2D eigenvalue weighted by Crippen LogP contribution is 2.16. The Morgan fingerprint density at radius 1 is 1.30 bits per heavy atom. The van der Waals surface area contributed by atoms with Crippen LogP contribution in [-0.4, -0.2) is 61.3 Å². The smallest absolute Gasteiger partial charge is 0.255 e. The Kier molecular flexibility index (Phi) is 5.61. The topological polar surface area (TPSA) is 95.9 Å². The van der Waals surface area contributed by atoms with E-state index in [4.69, 9.17) is 4.74 Å². The fraction of sp³-hybridized carbons (Fsp3) is 0.533. The van der Waals surface area contributed by atoms with Gasteiger partial charge in [0.05, 0.1) is 23.5 Å². The monoisotopic (exact) mass is 342 g/mol. The van der Waals surface area contributed by atoms with Gasteiger partial charge in [0.2, 0.25) is 10.0 Å². The van der Waals surface area contributed by atoms with E-state index < -0.39 is 15.9 Å². The van der Waals surface area contributed by atoms with Crippen LogP contribution in [0.5, 0.6) is 5.75 Å². The minimum atomic E-state index is -3.46. The lowest BCUT2D eigenvalue weighted by Crippen LogP contribution is -2.49. The zero-order valence-electron chi connectivity index (χ0n) is 13.2. The van der Waals surface area contributed by atoms with E-state index in [1.54, 1.807) is 12.1 Å². The summed E-state index contributed by atoms with van der Waals surface area (Å²) in [5, 5.41) is 12.1. The Hall–Kier alpha value is -1.64. The van der Waals surface area contributed by atoms with E-state index in [0.29, 0.717) is 13.1 Å². The maximum atomic E-state index is 12.3. The second-order valence-corrected chi connectivity index (χ2v) is 7.75. The number of nitrogens with one attached hydrogen (secondary N) is 1. The molecule has 1 fully saturated rings. The molecule has 1 heterocycles. The fourth-order valence-electron chi connectivity index (χ4n) is 2.54. The quantitative estimate of drug-likeness (QED) is 0.815. The number of benzene rings is 1. The van der Waals surface area contributed by atoms with Crippen LogP contribution in [0.25, 0.3) is 0 Å². The Morgan fingerprint density at radius 2 is 1.91 bits per heavy atom. The molecule has 1 saturated heterocycles. The number of rotatable bonds is 5. The van der Waals surface area contributed by atoms with Crippen molar-refractivity contribution in [1.82, 2.24) is 9.62 Å². The molecule has 0 saturated carbocycles. The largest absolute Gasteiger partial charge is 0.507 e. The number of para-hydroxylation sites is 1. The highest BCUT2D eigenvalue weighted by Gasteiger charge is 2.30. The molecule has 1 aliphatic rings. The molecule has 7 nitrogen and oxygen atoms in total. The van der Waals surface area contributed by atoms with Gasteiger partial charge < -0.3 is 15.2 Å². The lowest BCUT2D eigenvalue weighted by atomic mass is 10.2. The zero-order valence-corrected chi connectivity index (χ0v) is 14.0. The third kappa shape index (κ3) is 4.66. The van der Waals surface area contributed by atoms with E-state index in [2.05, 4.69) is 5.32 Å². The van der Waals surface area contributed by atoms with Crippen molar-refractivity contribution in [2.24, 2.45) is 0 Å². The van der Waals surface area contributed by atoms with Gasteiger partial charge in [-0.2, -0.15) is 4.31 Å². The normalized spacial score (nSPS) is 22.7. The average Bonchev–Trinajstić information content (AvgIpc) is 2.46. The van der Waals surface area contributed by atoms with Gasteiger partial charge in [0.15, 0.2) is 0 Å². The van der Waals surface area contributed by atoms with Crippen LogP contribution < -0.4 is 5.32 Å². The summed E-state index contributed by atoms with van der Waals surface area (Å²) < 4.78 is 31.6. The lowest BCUT2D eigenvalue weighted by molar-refractivity contribution is -0.0440. The van der Waals surface area contributed by atoms with Crippen molar-refractivity contribution in [3.05, 3.63) is 29.8 Å². The third-order valence-electron chi connectivity index (χ3n) is 3.57. The Labute approximate surface area is 136 Å². The molecule has 0 spiro atoms. The molecule has 0 aliphatic carbocycles. The van der Waals surface area contributed by atoms with Gasteiger partial charge in [0.25, 0.3) is 5.91 Å². The van der Waals surface area contributed by atoms with Crippen LogP contribution in [0.4, 0.5) is 0 Å². The molecule has 0 radical (unpaired) electrons. The molecule has 0 bridgehead atoms. The van der Waals surface area contributed by atoms with Crippen molar-refractivity contribution in [1.29, 1.82) is 0 Å². The summed E-state index contributed by atoms with van der Waals surface area (Å²) in [6.07, 6.45) is -0.297. The first kappa shape index (κ1) is 17.7. The maximum Gasteiger partial charge on any atom is 0.255 e. The van der Waals surface area contributed by atoms with Crippen LogP contribution in [0, 0.1) is 0 Å². The third-order valence-corrected chi connectivity index (χ3v) is 5.38. The zero-order chi connectivity index (χ0) is 17.0. The van der Waals surface area contributed by atoms with Gasteiger partial charge in [-0.25, -0.2) is 8.42 Å². The summed E-state index contributed by atoms with van der Waals surface area (Å²) in [5.74, 6) is -0.822. The number of ether oxygens (including phenoxy) is 1. The van der Waals surface area contributed by atoms with Gasteiger partial charge in [0.1, 0.15) is 5.75 Å². The summed E-state index contributed by atoms with van der Waals surface area (Å²) in [4.78, 5) is 11.9. The fourth-order valence-corrected chi connectivity index (χ4v) is 4.03. The van der Waals surface area contributed by atoms with Gasteiger partial charge in [-0.15, -0.1) is 0 Å². The Bertz CT molecular complexity index is 652. The molecule has 128 valence electrons. The lowest BCUT2D eigenvalue weighted by Gasteiger charge is -2.34. The second-order valence-electron chi connectivity index (χ2n) is 5.66. The predicted octanol–water partition coefficient (Wildman–Crippen LogP) is 0.561. The van der Waals surface area contributed by atoms with Crippen molar-refractivity contribution >= 4 is 15.9 Å². The molecular formula is C15H22N2O5S. The van der Waals surface area contributed by atoms with Crippen LogP contribution >= 0.6 is 0 Å². The molecule has 2 rings (SSSR count). The molecule has 8 heteroatoms. The van der Waals surface area contributed by atoms with Crippen LogP contribution in [0.1, 0.15) is 24.2 Å². The number of amides is 1. The van der Waals surface area contributed by atoms with Crippen LogP contribution in [0.2, 0.25) is 0 Å². The van der Waals surface area contributed by atoms with E-state index in [9.17, 15) is 18.3 Å². The Balaban J connectivity index is 1.90. The highest BCUT2D eigenvalue weighted by atomic mass is 32.2. The maximum absolute atomic E-state index is 12.3. The molecule has 23 heavy (non-hydrogen) atoms. The molecule has 1 aliphatic heterocycles. The van der Waals surface area contributed by atoms with Crippen LogP contribution in [0.15, 0.2) is 24.3 Å². The number of morpholine rings is 1. The summed E-state index contributed by atoms with van der Waals surface area (Å²) in [6.45, 7) is 4.28. The van der Waals surface area contributed by atoms with Crippen LogP contribution in [-0.2, 0) is 14.8 Å². The number of sulfonamides is 1. The van der Waals surface area contributed by atoms with E-state index in [0.717, 1.165) is 0 Å². The van der Waals surface area contributed by atoms with Gasteiger partial charge in [-0.3, -0.25) is 4.79 Å². The minimum absolute atomic E-state index is 0.0182. The van der Waals surface area contributed by atoms with Crippen molar-refractivity contribution in [2.45, 2.75) is 26.1 Å². The van der Waals surface area contributed by atoms with Gasteiger partial charge in [-0.1, -0.05) is 12.1 Å². The number of phenols is 1. The summed E-state index contributed by atoms with van der Waals surface area (Å²) in [5.41, 5.74) is 0.124. The number of aromatic hydroxyl groups is 1. The molecule has 0 unspecified atom stereocenters. The second kappa shape index (κ2) is 7.29. The number of carbonyl (C=O) groups excluding carboxylic acids is 1. The molecule has 2 atom stereocenters. The number of hydrogen-bond acceptors (Lipinski definition) is 5. The number of nitrogens with zero attached hydrogens (tertiary/aromatic N) is 1. The van der Waals surface area contributed by atoms with Gasteiger partial charge >= 0.3 is 0 Å². The molecule has 1 amide bonds. The summed E-state index contributed by atoms with van der Waals surface area (Å²) >= 11 is 0. The molecule has 1 aromatic carbocycles. The first-order valence-electron chi connectivity index (χ1n) is 7.49. The number of hydrogen-bond donors (Lipinski definition) is 2. The van der Waals surface area contributed by atoms with Crippen LogP contribution in [0.3, 0.4) is 0 Å². The minimum Gasteiger partial charge on any atom is -0.507 e. The van der Waals surface area contributed by atoms with Gasteiger partial charge in [-0.05, 0) is 26.0 Å². The van der Waals surface area contributed by atoms with E-state index in [-0.39, 0.29) is 35.8 Å².